The van der Waals surface area contributed by atoms with Gasteiger partial charge in [-0.1, -0.05) is 12.8 Å². The van der Waals surface area contributed by atoms with E-state index in [-0.39, 0.29) is 0 Å². The van der Waals surface area contributed by atoms with E-state index in [1.807, 2.05) is 0 Å². The molecule has 0 amide bonds. The third kappa shape index (κ3) is 2.96. The highest BCUT2D eigenvalue weighted by molar-refractivity contribution is 5.01. The molecule has 1 atom stereocenters. The fourth-order valence-corrected chi connectivity index (χ4v) is 2.89. The Morgan fingerprint density at radius 3 is 2.19 bits per heavy atom. The summed E-state index contributed by atoms with van der Waals surface area (Å²) in [5.41, 5.74) is 0.295. The number of nitrogens with one attached hydrogen (secondary N) is 1. The van der Waals surface area contributed by atoms with Crippen LogP contribution in [0.4, 0.5) is 0 Å². The lowest BCUT2D eigenvalue weighted by Crippen LogP contribution is -2.58. The first-order valence-corrected chi connectivity index (χ1v) is 6.49. The normalized spacial score (nSPS) is 21.9. The minimum atomic E-state index is 0.295. The number of rotatable bonds is 6. The van der Waals surface area contributed by atoms with Crippen LogP contribution in [0.25, 0.3) is 0 Å². The molecule has 0 aromatic rings. The first kappa shape index (κ1) is 13.9. The first-order valence-electron chi connectivity index (χ1n) is 6.49. The van der Waals surface area contributed by atoms with Crippen LogP contribution in [0, 0.1) is 0 Å². The number of likely N-dealkylation sites (N-methyl/N-ethyl adjacent to an activating group) is 2. The van der Waals surface area contributed by atoms with Crippen molar-refractivity contribution in [3.05, 3.63) is 0 Å². The maximum atomic E-state index is 5.79. The van der Waals surface area contributed by atoms with Crippen LogP contribution in [-0.2, 0) is 4.74 Å². The smallest absolute Gasteiger partial charge is 0.0641 e. The second-order valence-electron chi connectivity index (χ2n) is 5.43. The van der Waals surface area contributed by atoms with Crippen LogP contribution < -0.4 is 5.32 Å². The van der Waals surface area contributed by atoms with Crippen molar-refractivity contribution < 1.29 is 4.74 Å². The maximum absolute atomic E-state index is 5.79. The Balaban J connectivity index is 2.66. The molecule has 0 bridgehead atoms. The third-order valence-electron chi connectivity index (χ3n) is 3.95. The van der Waals surface area contributed by atoms with Crippen molar-refractivity contribution in [1.29, 1.82) is 0 Å². The Morgan fingerprint density at radius 1 is 1.25 bits per heavy atom. The molecule has 1 aliphatic rings. The van der Waals surface area contributed by atoms with Gasteiger partial charge < -0.3 is 15.0 Å². The molecular formula is C13H28N2O. The number of hydrogen-bond donors (Lipinski definition) is 1. The van der Waals surface area contributed by atoms with Crippen LogP contribution >= 0.6 is 0 Å². The molecule has 16 heavy (non-hydrogen) atoms. The van der Waals surface area contributed by atoms with Gasteiger partial charge in [-0.15, -0.1) is 0 Å². The van der Waals surface area contributed by atoms with Gasteiger partial charge in [0.1, 0.15) is 0 Å². The van der Waals surface area contributed by atoms with Crippen molar-refractivity contribution in [3.63, 3.8) is 0 Å². The summed E-state index contributed by atoms with van der Waals surface area (Å²) >= 11 is 0. The molecule has 1 fully saturated rings. The second kappa shape index (κ2) is 5.99. The maximum Gasteiger partial charge on any atom is 0.0641 e. The summed E-state index contributed by atoms with van der Waals surface area (Å²) < 4.78 is 5.79. The van der Waals surface area contributed by atoms with Gasteiger partial charge in [0.05, 0.1) is 12.7 Å². The lowest BCUT2D eigenvalue weighted by Gasteiger charge is -2.43. The van der Waals surface area contributed by atoms with Gasteiger partial charge in [-0.3, -0.25) is 0 Å². The van der Waals surface area contributed by atoms with E-state index in [1.165, 1.54) is 25.7 Å². The molecule has 3 heteroatoms. The van der Waals surface area contributed by atoms with E-state index < -0.39 is 0 Å². The topological polar surface area (TPSA) is 24.5 Å². The molecule has 96 valence electrons. The fourth-order valence-electron chi connectivity index (χ4n) is 2.89. The molecule has 0 radical (unpaired) electrons. The molecule has 1 N–H and O–H groups in total. The average molecular weight is 228 g/mol. The predicted molar refractivity (Wildman–Crippen MR) is 68.8 cm³/mol. The molecule has 0 aromatic carbocycles. The molecule has 1 rings (SSSR count). The summed E-state index contributed by atoms with van der Waals surface area (Å²) in [7, 11) is 6.45. The second-order valence-corrected chi connectivity index (χ2v) is 5.43. The highest BCUT2D eigenvalue weighted by Gasteiger charge is 2.42. The summed E-state index contributed by atoms with van der Waals surface area (Å²) in [6, 6.07) is 0.437. The Hall–Kier alpha value is -0.120. The van der Waals surface area contributed by atoms with Crippen molar-refractivity contribution in [3.8, 4) is 0 Å². The Morgan fingerprint density at radius 2 is 1.81 bits per heavy atom. The number of ether oxygens (including phenoxy) is 1. The summed E-state index contributed by atoms with van der Waals surface area (Å²) in [5.74, 6) is 0. The van der Waals surface area contributed by atoms with E-state index in [1.54, 1.807) is 0 Å². The van der Waals surface area contributed by atoms with Gasteiger partial charge >= 0.3 is 0 Å². The summed E-state index contributed by atoms with van der Waals surface area (Å²) in [5, 5.41) is 3.45. The van der Waals surface area contributed by atoms with Crippen molar-refractivity contribution in [2.24, 2.45) is 0 Å². The molecule has 1 aliphatic carbocycles. The lowest BCUT2D eigenvalue weighted by molar-refractivity contribution is 0.0106. The predicted octanol–water partition coefficient (Wildman–Crippen LogP) is 1.87. The van der Waals surface area contributed by atoms with Crippen LogP contribution in [0.2, 0.25) is 0 Å². The Bertz CT molecular complexity index is 198. The highest BCUT2D eigenvalue weighted by atomic mass is 16.5. The molecule has 3 nitrogen and oxygen atoms in total. The zero-order chi connectivity index (χ0) is 12.2. The molecular weight excluding hydrogens is 200 g/mol. The first-order chi connectivity index (χ1) is 7.53. The summed E-state index contributed by atoms with van der Waals surface area (Å²) in [6.45, 7) is 5.01. The molecule has 0 aliphatic heterocycles. The Kier molecular flexibility index (Phi) is 5.22. The van der Waals surface area contributed by atoms with Crippen LogP contribution in [0.15, 0.2) is 0 Å². The summed E-state index contributed by atoms with van der Waals surface area (Å²) in [4.78, 5) is 2.39. The summed E-state index contributed by atoms with van der Waals surface area (Å²) in [6.07, 6.45) is 5.58. The van der Waals surface area contributed by atoms with Crippen LogP contribution in [0.5, 0.6) is 0 Å². The van der Waals surface area contributed by atoms with E-state index in [9.17, 15) is 0 Å². The molecule has 1 saturated carbocycles. The van der Waals surface area contributed by atoms with Gasteiger partial charge in [0.2, 0.25) is 0 Å². The third-order valence-corrected chi connectivity index (χ3v) is 3.95. The number of nitrogens with zero attached hydrogens (tertiary/aromatic N) is 1. The molecule has 0 spiro atoms. The van der Waals surface area contributed by atoms with Gasteiger partial charge in [0.25, 0.3) is 0 Å². The molecule has 1 unspecified atom stereocenters. The lowest BCUT2D eigenvalue weighted by atomic mass is 9.87. The zero-order valence-corrected chi connectivity index (χ0v) is 11.5. The highest BCUT2D eigenvalue weighted by Crippen LogP contribution is 2.36. The van der Waals surface area contributed by atoms with Crippen molar-refractivity contribution >= 4 is 0 Å². The minimum absolute atomic E-state index is 0.295. The average Bonchev–Trinajstić information content (AvgIpc) is 2.68. The monoisotopic (exact) mass is 228 g/mol. The van der Waals surface area contributed by atoms with E-state index in [0.717, 1.165) is 6.61 Å². The van der Waals surface area contributed by atoms with Crippen molar-refractivity contribution in [1.82, 2.24) is 10.2 Å². The van der Waals surface area contributed by atoms with E-state index in [2.05, 4.69) is 45.2 Å². The molecule has 0 heterocycles. The van der Waals surface area contributed by atoms with Crippen molar-refractivity contribution in [2.75, 3.05) is 27.7 Å². The fraction of sp³-hybridized carbons (Fsp3) is 1.00. The quantitative estimate of drug-likeness (QED) is 0.751. The van der Waals surface area contributed by atoms with E-state index in [0.29, 0.717) is 17.7 Å². The van der Waals surface area contributed by atoms with Gasteiger partial charge in [-0.05, 0) is 47.8 Å². The standard InChI is InChI=1S/C13H28N2O/c1-11(2)16-10-12(14-3)13(15(4)5)8-6-7-9-13/h11-12,14H,6-10H2,1-5H3. The van der Waals surface area contributed by atoms with Crippen molar-refractivity contribution in [2.45, 2.75) is 57.2 Å². The minimum Gasteiger partial charge on any atom is -0.377 e. The molecule has 0 saturated heterocycles. The van der Waals surface area contributed by atoms with Crippen LogP contribution in [-0.4, -0.2) is 50.3 Å². The molecule has 0 aromatic heterocycles. The zero-order valence-electron chi connectivity index (χ0n) is 11.5. The van der Waals surface area contributed by atoms with Crippen LogP contribution in [0.1, 0.15) is 39.5 Å². The van der Waals surface area contributed by atoms with Gasteiger partial charge in [-0.2, -0.15) is 0 Å². The largest absolute Gasteiger partial charge is 0.377 e. The van der Waals surface area contributed by atoms with Gasteiger partial charge in [0.15, 0.2) is 0 Å². The number of hydrogen-bond acceptors (Lipinski definition) is 3. The Labute approximate surface area is 101 Å². The SMILES string of the molecule is CNC(COC(C)C)C1(N(C)C)CCCC1. The van der Waals surface area contributed by atoms with Crippen LogP contribution in [0.3, 0.4) is 0 Å². The van der Waals surface area contributed by atoms with Gasteiger partial charge in [0, 0.05) is 11.6 Å². The van der Waals surface area contributed by atoms with Gasteiger partial charge in [-0.25, -0.2) is 0 Å². The van der Waals surface area contributed by atoms with E-state index in [4.69, 9.17) is 4.74 Å². The van der Waals surface area contributed by atoms with E-state index >= 15 is 0 Å².